The molecule has 0 amide bonds. The summed E-state index contributed by atoms with van der Waals surface area (Å²) in [6, 6.07) is 12.5. The van der Waals surface area contributed by atoms with Gasteiger partial charge in [-0.15, -0.1) is 0 Å². The van der Waals surface area contributed by atoms with Crippen LogP contribution >= 0.6 is 23.2 Å². The van der Waals surface area contributed by atoms with E-state index in [2.05, 4.69) is 5.16 Å². The van der Waals surface area contributed by atoms with Crippen molar-refractivity contribution < 1.29 is 27.2 Å². The van der Waals surface area contributed by atoms with E-state index in [0.717, 1.165) is 0 Å². The van der Waals surface area contributed by atoms with E-state index in [1.807, 2.05) is 0 Å². The van der Waals surface area contributed by atoms with Crippen LogP contribution in [0.3, 0.4) is 0 Å². The number of alkyl halides is 3. The van der Waals surface area contributed by atoms with Crippen molar-refractivity contribution in [3.05, 3.63) is 75.5 Å². The third-order valence-electron chi connectivity index (χ3n) is 4.14. The van der Waals surface area contributed by atoms with Crippen LogP contribution in [-0.2, 0) is 11.2 Å². The first-order chi connectivity index (χ1) is 13.7. The molecule has 152 valence electrons. The lowest BCUT2D eigenvalue weighted by molar-refractivity contribution is -0.203. The van der Waals surface area contributed by atoms with E-state index in [1.165, 1.54) is 31.2 Å². The van der Waals surface area contributed by atoms with Crippen LogP contribution in [0, 0.1) is 6.92 Å². The van der Waals surface area contributed by atoms with E-state index in [9.17, 15) is 18.0 Å². The molecule has 3 aromatic rings. The first kappa shape index (κ1) is 21.2. The van der Waals surface area contributed by atoms with Crippen LogP contribution in [0.1, 0.15) is 21.7 Å². The van der Waals surface area contributed by atoms with E-state index in [1.54, 1.807) is 24.3 Å². The minimum absolute atomic E-state index is 0.0124. The van der Waals surface area contributed by atoms with Gasteiger partial charge in [-0.3, -0.25) is 0 Å². The summed E-state index contributed by atoms with van der Waals surface area (Å²) in [6.45, 7) is 1.39. The minimum atomic E-state index is -4.77. The maximum atomic E-state index is 13.5. The zero-order chi connectivity index (χ0) is 21.2. The molecule has 0 aliphatic rings. The van der Waals surface area contributed by atoms with Crippen molar-refractivity contribution in [2.45, 2.75) is 25.6 Å². The van der Waals surface area contributed by atoms with Gasteiger partial charge in [-0.05, 0) is 24.6 Å². The lowest BCUT2D eigenvalue weighted by Crippen LogP contribution is -2.36. The number of aromatic nitrogens is 1. The van der Waals surface area contributed by atoms with Crippen molar-refractivity contribution in [1.29, 1.82) is 0 Å². The summed E-state index contributed by atoms with van der Waals surface area (Å²) in [4.78, 5) is 12.7. The summed E-state index contributed by atoms with van der Waals surface area (Å²) >= 11 is 12.3. The van der Waals surface area contributed by atoms with Crippen molar-refractivity contribution in [2.24, 2.45) is 0 Å². The Morgan fingerprint density at radius 1 is 1.10 bits per heavy atom. The number of esters is 1. The number of benzene rings is 2. The van der Waals surface area contributed by atoms with Gasteiger partial charge in [0.15, 0.2) is 0 Å². The Kier molecular flexibility index (Phi) is 6.19. The molecule has 29 heavy (non-hydrogen) atoms. The summed E-state index contributed by atoms with van der Waals surface area (Å²) < 4.78 is 50.4. The number of rotatable bonds is 5. The maximum absolute atomic E-state index is 13.5. The van der Waals surface area contributed by atoms with E-state index in [-0.39, 0.29) is 32.6 Å². The number of ether oxygens (including phenoxy) is 1. The van der Waals surface area contributed by atoms with Gasteiger partial charge in [0.1, 0.15) is 17.0 Å². The van der Waals surface area contributed by atoms with Crippen LogP contribution in [0.15, 0.2) is 53.1 Å². The first-order valence-electron chi connectivity index (χ1n) is 8.40. The highest BCUT2D eigenvalue weighted by Gasteiger charge is 2.43. The third-order valence-corrected chi connectivity index (χ3v) is 4.77. The van der Waals surface area contributed by atoms with Crippen LogP contribution in [0.4, 0.5) is 13.2 Å². The van der Waals surface area contributed by atoms with Crippen LogP contribution in [-0.4, -0.2) is 23.4 Å². The lowest BCUT2D eigenvalue weighted by Gasteiger charge is -2.21. The second-order valence-corrected chi connectivity index (χ2v) is 7.00. The van der Waals surface area contributed by atoms with Gasteiger partial charge in [0.25, 0.3) is 0 Å². The molecule has 0 radical (unpaired) electrons. The first-order valence-corrected chi connectivity index (χ1v) is 9.16. The molecule has 0 fully saturated rings. The zero-order valence-electron chi connectivity index (χ0n) is 15.0. The number of halogens is 5. The molecular formula is C20H14Cl2F3NO3. The minimum Gasteiger partial charge on any atom is -0.449 e. The molecule has 0 spiro atoms. The molecule has 0 aliphatic heterocycles. The van der Waals surface area contributed by atoms with Gasteiger partial charge in [0.2, 0.25) is 6.10 Å². The molecule has 1 aromatic heterocycles. The molecule has 2 aromatic carbocycles. The van der Waals surface area contributed by atoms with E-state index in [0.29, 0.717) is 5.56 Å². The van der Waals surface area contributed by atoms with Crippen LogP contribution in [0.5, 0.6) is 0 Å². The average molecular weight is 444 g/mol. The molecule has 0 unspecified atom stereocenters. The number of carbonyl (C=O) groups excluding carboxylic acids is 1. The second kappa shape index (κ2) is 8.47. The zero-order valence-corrected chi connectivity index (χ0v) is 16.5. The SMILES string of the molecule is Cc1onc(-c2c(Cl)cccc2Cl)c1C(=O)O[C@@H](Cc1ccccc1)C(F)(F)F. The molecule has 0 bridgehead atoms. The number of carbonyl (C=O) groups is 1. The number of hydrogen-bond donors (Lipinski definition) is 0. The summed E-state index contributed by atoms with van der Waals surface area (Å²) in [5, 5.41) is 4.08. The normalized spacial score (nSPS) is 12.6. The highest BCUT2D eigenvalue weighted by molar-refractivity contribution is 6.39. The molecule has 3 rings (SSSR count). The van der Waals surface area contributed by atoms with Crippen molar-refractivity contribution in [3.63, 3.8) is 0 Å². The summed E-state index contributed by atoms with van der Waals surface area (Å²) in [6.07, 6.45) is -7.64. The second-order valence-electron chi connectivity index (χ2n) is 6.18. The Balaban J connectivity index is 1.95. The molecular weight excluding hydrogens is 430 g/mol. The van der Waals surface area contributed by atoms with Gasteiger partial charge in [0.05, 0.1) is 10.0 Å². The lowest BCUT2D eigenvalue weighted by atomic mass is 10.1. The average Bonchev–Trinajstić information content (AvgIpc) is 3.02. The number of hydrogen-bond acceptors (Lipinski definition) is 4. The van der Waals surface area contributed by atoms with Crippen molar-refractivity contribution in [2.75, 3.05) is 0 Å². The Morgan fingerprint density at radius 3 is 2.31 bits per heavy atom. The molecule has 9 heteroatoms. The Hall–Kier alpha value is -2.51. The molecule has 1 heterocycles. The predicted octanol–water partition coefficient (Wildman–Crippen LogP) is 6.29. The molecule has 1 atom stereocenters. The Bertz CT molecular complexity index is 999. The van der Waals surface area contributed by atoms with Gasteiger partial charge in [0, 0.05) is 12.0 Å². The summed E-state index contributed by atoms with van der Waals surface area (Å²) in [7, 11) is 0. The Labute approximate surface area is 174 Å². The van der Waals surface area contributed by atoms with Gasteiger partial charge in [-0.2, -0.15) is 13.2 Å². The summed E-state index contributed by atoms with van der Waals surface area (Å²) in [5.74, 6) is -1.24. The fourth-order valence-electron chi connectivity index (χ4n) is 2.75. The van der Waals surface area contributed by atoms with Crippen LogP contribution < -0.4 is 0 Å². The van der Waals surface area contributed by atoms with Crippen molar-refractivity contribution in [1.82, 2.24) is 5.16 Å². The monoisotopic (exact) mass is 443 g/mol. The Morgan fingerprint density at radius 2 is 1.72 bits per heavy atom. The van der Waals surface area contributed by atoms with Gasteiger partial charge in [-0.1, -0.05) is 64.8 Å². The molecule has 0 aliphatic carbocycles. The van der Waals surface area contributed by atoms with Gasteiger partial charge >= 0.3 is 12.1 Å². The predicted molar refractivity (Wildman–Crippen MR) is 102 cm³/mol. The fraction of sp³-hybridized carbons (Fsp3) is 0.200. The highest BCUT2D eigenvalue weighted by atomic mass is 35.5. The largest absolute Gasteiger partial charge is 0.449 e. The van der Waals surface area contributed by atoms with Crippen molar-refractivity contribution in [3.8, 4) is 11.3 Å². The standard InChI is InChI=1S/C20H14Cl2F3NO3/c1-11-16(18(26-29-11)17-13(21)8-5-9-14(17)22)19(27)28-15(20(23,24)25)10-12-6-3-2-4-7-12/h2-9,15H,10H2,1H3/t15-/m0/s1. The van der Waals surface area contributed by atoms with Gasteiger partial charge in [-0.25, -0.2) is 4.79 Å². The van der Waals surface area contributed by atoms with E-state index >= 15 is 0 Å². The van der Waals surface area contributed by atoms with Gasteiger partial charge < -0.3 is 9.26 Å². The fourth-order valence-corrected chi connectivity index (χ4v) is 3.32. The highest BCUT2D eigenvalue weighted by Crippen LogP contribution is 2.37. The third kappa shape index (κ3) is 4.74. The molecule has 4 nitrogen and oxygen atoms in total. The van der Waals surface area contributed by atoms with E-state index in [4.69, 9.17) is 32.5 Å². The van der Waals surface area contributed by atoms with Crippen LogP contribution in [0.2, 0.25) is 10.0 Å². The smallest absolute Gasteiger partial charge is 0.425 e. The van der Waals surface area contributed by atoms with E-state index < -0.39 is 24.7 Å². The number of nitrogens with zero attached hydrogens (tertiary/aromatic N) is 1. The maximum Gasteiger partial charge on any atom is 0.425 e. The number of aryl methyl sites for hydroxylation is 1. The quantitative estimate of drug-likeness (QED) is 0.435. The van der Waals surface area contributed by atoms with Crippen LogP contribution in [0.25, 0.3) is 11.3 Å². The van der Waals surface area contributed by atoms with Crippen molar-refractivity contribution >= 4 is 29.2 Å². The topological polar surface area (TPSA) is 52.3 Å². The summed E-state index contributed by atoms with van der Waals surface area (Å²) in [5.41, 5.74) is 0.205. The molecule has 0 N–H and O–H groups in total. The molecule has 0 saturated carbocycles. The molecule has 0 saturated heterocycles.